The second-order valence-electron chi connectivity index (χ2n) is 6.15. The van der Waals surface area contributed by atoms with E-state index in [4.69, 9.17) is 5.73 Å². The molecule has 1 fully saturated rings. The molecule has 0 saturated carbocycles. The molecule has 0 unspecified atom stereocenters. The Morgan fingerprint density at radius 1 is 1.27 bits per heavy atom. The van der Waals surface area contributed by atoms with Gasteiger partial charge in [-0.2, -0.15) is 0 Å². The Bertz CT molecular complexity index is 774. The van der Waals surface area contributed by atoms with Crippen LogP contribution in [-0.2, 0) is 11.8 Å². The number of aromatic nitrogens is 4. The lowest BCUT2D eigenvalue weighted by molar-refractivity contribution is 0.323. The molecule has 1 saturated heterocycles. The molecule has 2 aliphatic rings. The maximum absolute atomic E-state index is 12.0. The van der Waals surface area contributed by atoms with Crippen molar-refractivity contribution < 1.29 is 0 Å². The first-order chi connectivity index (χ1) is 10.6. The SMILES string of the molecule is Cc1nnc(N2CCC3(CCc4c3nc(N)[nH]c4=O)CC2)s1. The summed E-state index contributed by atoms with van der Waals surface area (Å²) in [6.45, 7) is 3.81. The van der Waals surface area contributed by atoms with E-state index in [9.17, 15) is 4.79 Å². The molecule has 116 valence electrons. The Morgan fingerprint density at radius 3 is 2.73 bits per heavy atom. The summed E-state index contributed by atoms with van der Waals surface area (Å²) in [7, 11) is 0. The maximum atomic E-state index is 12.0. The van der Waals surface area contributed by atoms with Gasteiger partial charge in [0.05, 0.1) is 5.69 Å². The van der Waals surface area contributed by atoms with E-state index in [0.29, 0.717) is 0 Å². The molecule has 3 N–H and O–H groups in total. The number of nitrogens with two attached hydrogens (primary N) is 1. The minimum Gasteiger partial charge on any atom is -0.369 e. The highest BCUT2D eigenvalue weighted by molar-refractivity contribution is 7.15. The normalized spacial score (nSPS) is 19.6. The van der Waals surface area contributed by atoms with Crippen LogP contribution >= 0.6 is 11.3 Å². The Hall–Kier alpha value is -1.96. The van der Waals surface area contributed by atoms with E-state index >= 15 is 0 Å². The van der Waals surface area contributed by atoms with Crippen LogP contribution in [0.2, 0.25) is 0 Å². The van der Waals surface area contributed by atoms with Gasteiger partial charge in [-0.1, -0.05) is 11.3 Å². The van der Waals surface area contributed by atoms with Crippen molar-refractivity contribution in [2.75, 3.05) is 23.7 Å². The second-order valence-corrected chi connectivity index (χ2v) is 7.31. The smallest absolute Gasteiger partial charge is 0.255 e. The number of anilines is 2. The van der Waals surface area contributed by atoms with Gasteiger partial charge in [0.15, 0.2) is 0 Å². The highest BCUT2D eigenvalue weighted by Gasteiger charge is 2.44. The van der Waals surface area contributed by atoms with Crippen molar-refractivity contribution in [2.24, 2.45) is 0 Å². The number of hydrogen-bond donors (Lipinski definition) is 2. The van der Waals surface area contributed by atoms with Gasteiger partial charge in [-0.15, -0.1) is 10.2 Å². The summed E-state index contributed by atoms with van der Waals surface area (Å²) < 4.78 is 0. The van der Waals surface area contributed by atoms with E-state index in [2.05, 4.69) is 25.1 Å². The lowest BCUT2D eigenvalue weighted by atomic mass is 9.76. The molecule has 2 aromatic heterocycles. The van der Waals surface area contributed by atoms with Crippen LogP contribution in [-0.4, -0.2) is 33.3 Å². The topological polar surface area (TPSA) is 101 Å². The van der Waals surface area contributed by atoms with Crippen LogP contribution in [0, 0.1) is 6.92 Å². The third kappa shape index (κ3) is 2.01. The number of nitrogen functional groups attached to an aromatic ring is 1. The molecule has 0 bridgehead atoms. The molecule has 0 atom stereocenters. The number of hydrogen-bond acceptors (Lipinski definition) is 7. The monoisotopic (exact) mass is 318 g/mol. The van der Waals surface area contributed by atoms with Crippen molar-refractivity contribution >= 4 is 22.4 Å². The van der Waals surface area contributed by atoms with Gasteiger partial charge in [0.25, 0.3) is 5.56 Å². The predicted octanol–water partition coefficient (Wildman–Crippen LogP) is 0.996. The Morgan fingerprint density at radius 2 is 2.05 bits per heavy atom. The lowest BCUT2D eigenvalue weighted by Gasteiger charge is -2.39. The van der Waals surface area contributed by atoms with Crippen molar-refractivity contribution in [3.8, 4) is 0 Å². The number of nitrogens with zero attached hydrogens (tertiary/aromatic N) is 4. The average molecular weight is 318 g/mol. The van der Waals surface area contributed by atoms with E-state index in [1.54, 1.807) is 11.3 Å². The summed E-state index contributed by atoms with van der Waals surface area (Å²) in [5, 5.41) is 10.3. The fourth-order valence-corrected chi connectivity index (χ4v) is 4.43. The van der Waals surface area contributed by atoms with Gasteiger partial charge in [-0.3, -0.25) is 9.78 Å². The zero-order valence-corrected chi connectivity index (χ0v) is 13.2. The molecule has 8 heteroatoms. The minimum absolute atomic E-state index is 0.00788. The molecule has 22 heavy (non-hydrogen) atoms. The predicted molar refractivity (Wildman–Crippen MR) is 85.4 cm³/mol. The van der Waals surface area contributed by atoms with E-state index in [-0.39, 0.29) is 16.9 Å². The number of H-pyrrole nitrogens is 1. The molecule has 3 heterocycles. The van der Waals surface area contributed by atoms with Crippen LogP contribution in [0.3, 0.4) is 0 Å². The van der Waals surface area contributed by atoms with Crippen LogP contribution in [0.15, 0.2) is 4.79 Å². The van der Waals surface area contributed by atoms with Crippen LogP contribution in [0.1, 0.15) is 35.5 Å². The van der Waals surface area contributed by atoms with Gasteiger partial charge < -0.3 is 10.6 Å². The van der Waals surface area contributed by atoms with E-state index in [1.165, 1.54) is 0 Å². The molecular weight excluding hydrogens is 300 g/mol. The van der Waals surface area contributed by atoms with E-state index in [0.717, 1.165) is 60.2 Å². The van der Waals surface area contributed by atoms with E-state index in [1.807, 2.05) is 6.92 Å². The summed E-state index contributed by atoms with van der Waals surface area (Å²) in [5.41, 5.74) is 7.45. The van der Waals surface area contributed by atoms with Crippen molar-refractivity contribution in [1.29, 1.82) is 0 Å². The van der Waals surface area contributed by atoms with Gasteiger partial charge in [-0.05, 0) is 32.6 Å². The largest absolute Gasteiger partial charge is 0.369 e. The zero-order valence-electron chi connectivity index (χ0n) is 12.4. The lowest BCUT2D eigenvalue weighted by Crippen LogP contribution is -2.42. The van der Waals surface area contributed by atoms with Gasteiger partial charge in [-0.25, -0.2) is 4.98 Å². The fraction of sp³-hybridized carbons (Fsp3) is 0.571. The van der Waals surface area contributed by atoms with Gasteiger partial charge in [0, 0.05) is 24.1 Å². The van der Waals surface area contributed by atoms with Crippen LogP contribution in [0.25, 0.3) is 0 Å². The second kappa shape index (κ2) is 4.77. The number of nitrogens with one attached hydrogen (secondary N) is 1. The molecular formula is C14H18N6OS. The molecule has 1 aliphatic heterocycles. The zero-order chi connectivity index (χ0) is 15.3. The number of aromatic amines is 1. The summed E-state index contributed by atoms with van der Waals surface area (Å²) >= 11 is 1.63. The molecule has 4 rings (SSSR count). The first kappa shape index (κ1) is 13.7. The Balaban J connectivity index is 1.61. The molecule has 0 radical (unpaired) electrons. The molecule has 0 amide bonds. The molecule has 1 aliphatic carbocycles. The van der Waals surface area contributed by atoms with Gasteiger partial charge >= 0.3 is 0 Å². The van der Waals surface area contributed by atoms with Crippen molar-refractivity contribution in [3.05, 3.63) is 26.6 Å². The summed E-state index contributed by atoms with van der Waals surface area (Å²) in [4.78, 5) is 21.4. The number of piperidine rings is 1. The highest BCUT2D eigenvalue weighted by Crippen LogP contribution is 2.45. The third-order valence-electron chi connectivity index (χ3n) is 4.90. The molecule has 0 aromatic carbocycles. The summed E-state index contributed by atoms with van der Waals surface area (Å²) in [5.74, 6) is 0.229. The first-order valence-corrected chi connectivity index (χ1v) is 8.33. The van der Waals surface area contributed by atoms with Crippen molar-refractivity contribution in [2.45, 2.75) is 38.0 Å². The summed E-state index contributed by atoms with van der Waals surface area (Å²) in [6, 6.07) is 0. The number of fused-ring (bicyclic) bond motifs is 2. The number of aryl methyl sites for hydroxylation is 1. The Kier molecular flexibility index (Phi) is 2.97. The van der Waals surface area contributed by atoms with Crippen molar-refractivity contribution in [1.82, 2.24) is 20.2 Å². The molecule has 2 aromatic rings. The summed E-state index contributed by atoms with van der Waals surface area (Å²) in [6.07, 6.45) is 3.75. The third-order valence-corrected chi connectivity index (χ3v) is 5.80. The standard InChI is InChI=1S/C14H18N6OS/c1-8-18-19-13(22-8)20-6-4-14(5-7-20)3-2-9-10(14)16-12(15)17-11(9)21/h2-7H2,1H3,(H3,15,16,17,21). The average Bonchev–Trinajstić information content (AvgIpc) is 3.06. The maximum Gasteiger partial charge on any atom is 0.255 e. The fourth-order valence-electron chi connectivity index (χ4n) is 3.70. The highest BCUT2D eigenvalue weighted by atomic mass is 32.1. The quantitative estimate of drug-likeness (QED) is 0.813. The molecule has 1 spiro atoms. The minimum atomic E-state index is -0.0680. The van der Waals surface area contributed by atoms with Gasteiger partial charge in [0.2, 0.25) is 11.1 Å². The Labute approximate surface area is 131 Å². The van der Waals surface area contributed by atoms with Gasteiger partial charge in [0.1, 0.15) is 5.01 Å². The van der Waals surface area contributed by atoms with Crippen LogP contribution in [0.4, 0.5) is 11.1 Å². The molecule has 7 nitrogen and oxygen atoms in total. The van der Waals surface area contributed by atoms with Crippen LogP contribution < -0.4 is 16.2 Å². The number of rotatable bonds is 1. The first-order valence-electron chi connectivity index (χ1n) is 7.52. The van der Waals surface area contributed by atoms with E-state index < -0.39 is 0 Å². The van der Waals surface area contributed by atoms with Crippen molar-refractivity contribution in [3.63, 3.8) is 0 Å². The van der Waals surface area contributed by atoms with Crippen LogP contribution in [0.5, 0.6) is 0 Å².